The number of amides is 1. The number of fused-ring (bicyclic) bond motifs is 1. The fourth-order valence-corrected chi connectivity index (χ4v) is 2.41. The Morgan fingerprint density at radius 3 is 2.94 bits per heavy atom. The minimum atomic E-state index is -2.51. The lowest BCUT2D eigenvalue weighted by Crippen LogP contribution is -2.25. The Morgan fingerprint density at radius 1 is 1.56 bits per heavy atom. The molecule has 2 aliphatic rings. The molecule has 0 saturated heterocycles. The first-order valence-corrected chi connectivity index (χ1v) is 6.18. The number of aryl methyl sites for hydroxylation is 1. The number of alkyl halides is 2. The van der Waals surface area contributed by atoms with Crippen LogP contribution in [0, 0.1) is 5.92 Å². The summed E-state index contributed by atoms with van der Waals surface area (Å²) in [5.74, 6) is -2.31. The number of carbonyl (C=O) groups is 1. The zero-order chi connectivity index (χ0) is 12.9. The van der Waals surface area contributed by atoms with E-state index in [2.05, 4.69) is 5.10 Å². The molecule has 98 valence electrons. The van der Waals surface area contributed by atoms with Crippen molar-refractivity contribution < 1.29 is 13.6 Å². The molecule has 0 N–H and O–H groups in total. The first kappa shape index (κ1) is 11.6. The van der Waals surface area contributed by atoms with Gasteiger partial charge >= 0.3 is 0 Å². The maximum absolute atomic E-state index is 12.9. The second-order valence-electron chi connectivity index (χ2n) is 5.14. The zero-order valence-corrected chi connectivity index (χ0v) is 10.2. The van der Waals surface area contributed by atoms with Crippen LogP contribution in [0.5, 0.6) is 0 Å². The van der Waals surface area contributed by atoms with Crippen LogP contribution < -0.4 is 4.90 Å². The highest BCUT2D eigenvalue weighted by atomic mass is 19.3. The number of rotatable bonds is 2. The van der Waals surface area contributed by atoms with Crippen LogP contribution >= 0.6 is 0 Å². The Hall–Kier alpha value is -1.46. The van der Waals surface area contributed by atoms with Gasteiger partial charge in [-0.25, -0.2) is 13.5 Å². The second-order valence-corrected chi connectivity index (χ2v) is 5.14. The first-order valence-electron chi connectivity index (χ1n) is 6.18. The SMILES string of the molecule is CN1C(=O)CCCn2nc(CC3CC3(F)F)cc21. The molecule has 1 aliphatic carbocycles. The van der Waals surface area contributed by atoms with Crippen LogP contribution in [0.4, 0.5) is 14.6 Å². The van der Waals surface area contributed by atoms with Crippen LogP contribution in [-0.4, -0.2) is 28.7 Å². The Morgan fingerprint density at radius 2 is 2.28 bits per heavy atom. The minimum Gasteiger partial charge on any atom is -0.300 e. The maximum Gasteiger partial charge on any atom is 0.252 e. The van der Waals surface area contributed by atoms with Crippen molar-refractivity contribution in [2.75, 3.05) is 11.9 Å². The molecule has 4 nitrogen and oxygen atoms in total. The van der Waals surface area contributed by atoms with Gasteiger partial charge in [-0.1, -0.05) is 0 Å². The lowest BCUT2D eigenvalue weighted by Gasteiger charge is -2.13. The molecule has 1 aliphatic heterocycles. The monoisotopic (exact) mass is 255 g/mol. The normalized spacial score (nSPS) is 25.8. The zero-order valence-electron chi connectivity index (χ0n) is 10.2. The van der Waals surface area contributed by atoms with Gasteiger partial charge in [-0.2, -0.15) is 5.10 Å². The van der Waals surface area contributed by atoms with Crippen LogP contribution in [0.2, 0.25) is 0 Å². The molecular weight excluding hydrogens is 240 g/mol. The molecule has 0 spiro atoms. The number of halogens is 2. The summed E-state index contributed by atoms with van der Waals surface area (Å²) in [5, 5.41) is 4.33. The van der Waals surface area contributed by atoms with Gasteiger partial charge in [0.15, 0.2) is 0 Å². The first-order chi connectivity index (χ1) is 8.47. The fraction of sp³-hybridized carbons (Fsp3) is 0.667. The van der Waals surface area contributed by atoms with Gasteiger partial charge in [0.05, 0.1) is 5.69 Å². The quantitative estimate of drug-likeness (QED) is 0.808. The number of anilines is 1. The Balaban J connectivity index is 1.81. The van der Waals surface area contributed by atoms with Gasteiger partial charge in [-0.05, 0) is 6.42 Å². The number of nitrogens with zero attached hydrogens (tertiary/aromatic N) is 3. The standard InChI is InChI=1S/C12H15F2N3O/c1-16-10-6-9(5-8-7-12(8,13)14)15-17(10)4-2-3-11(16)18/h6,8H,2-5,7H2,1H3. The second kappa shape index (κ2) is 3.76. The molecule has 6 heteroatoms. The van der Waals surface area contributed by atoms with Crippen LogP contribution in [0.1, 0.15) is 25.0 Å². The summed E-state index contributed by atoms with van der Waals surface area (Å²) < 4.78 is 27.5. The van der Waals surface area contributed by atoms with Gasteiger partial charge in [0.25, 0.3) is 5.92 Å². The van der Waals surface area contributed by atoms with Gasteiger partial charge in [0.1, 0.15) is 5.82 Å². The van der Waals surface area contributed by atoms with E-state index in [1.54, 1.807) is 22.7 Å². The van der Waals surface area contributed by atoms with Crippen molar-refractivity contribution in [1.82, 2.24) is 9.78 Å². The molecule has 0 radical (unpaired) electrons. The third-order valence-corrected chi connectivity index (χ3v) is 3.70. The van der Waals surface area contributed by atoms with Crippen LogP contribution in [0.3, 0.4) is 0 Å². The molecule has 1 atom stereocenters. The predicted molar refractivity (Wildman–Crippen MR) is 61.6 cm³/mol. The Kier molecular flexibility index (Phi) is 2.43. The van der Waals surface area contributed by atoms with Gasteiger partial charge in [0.2, 0.25) is 5.91 Å². The largest absolute Gasteiger partial charge is 0.300 e. The third-order valence-electron chi connectivity index (χ3n) is 3.70. The summed E-state index contributed by atoms with van der Waals surface area (Å²) in [6.07, 6.45) is 1.52. The van der Waals surface area contributed by atoms with E-state index >= 15 is 0 Å². The molecule has 1 aromatic heterocycles. The molecule has 0 bridgehead atoms. The van der Waals surface area contributed by atoms with Crippen molar-refractivity contribution in [2.45, 2.75) is 38.2 Å². The van der Waals surface area contributed by atoms with Crippen LogP contribution in [-0.2, 0) is 17.8 Å². The van der Waals surface area contributed by atoms with Crippen molar-refractivity contribution in [3.8, 4) is 0 Å². The van der Waals surface area contributed by atoms with Gasteiger partial charge in [-0.3, -0.25) is 4.79 Å². The summed E-state index contributed by atoms with van der Waals surface area (Å²) in [7, 11) is 1.71. The van der Waals surface area contributed by atoms with E-state index in [0.717, 1.165) is 12.2 Å². The maximum atomic E-state index is 12.9. The highest BCUT2D eigenvalue weighted by Crippen LogP contribution is 2.50. The number of hydrogen-bond acceptors (Lipinski definition) is 2. The van der Waals surface area contributed by atoms with Crippen molar-refractivity contribution in [1.29, 1.82) is 0 Å². The van der Waals surface area contributed by atoms with Gasteiger partial charge in [0, 0.05) is 44.8 Å². The van der Waals surface area contributed by atoms with Gasteiger partial charge in [-0.15, -0.1) is 0 Å². The van der Waals surface area contributed by atoms with Crippen molar-refractivity contribution in [2.24, 2.45) is 5.92 Å². The van der Waals surface area contributed by atoms with E-state index in [1.165, 1.54) is 0 Å². The molecule has 0 aromatic carbocycles. The average molecular weight is 255 g/mol. The van der Waals surface area contributed by atoms with Gasteiger partial charge < -0.3 is 4.90 Å². The van der Waals surface area contributed by atoms with E-state index in [9.17, 15) is 13.6 Å². The summed E-state index contributed by atoms with van der Waals surface area (Å²) in [4.78, 5) is 13.3. The highest BCUT2D eigenvalue weighted by Gasteiger charge is 2.56. The van der Waals surface area contributed by atoms with E-state index in [4.69, 9.17) is 0 Å². The molecule has 1 unspecified atom stereocenters. The Bertz CT molecular complexity index is 498. The predicted octanol–water partition coefficient (Wildman–Crippen LogP) is 1.84. The fourth-order valence-electron chi connectivity index (χ4n) is 2.41. The molecule has 1 saturated carbocycles. The Labute approximate surface area is 104 Å². The van der Waals surface area contributed by atoms with E-state index in [-0.39, 0.29) is 12.3 Å². The van der Waals surface area contributed by atoms with E-state index in [1.807, 2.05) is 0 Å². The summed E-state index contributed by atoms with van der Waals surface area (Å²) in [6, 6.07) is 1.76. The average Bonchev–Trinajstić information content (AvgIpc) is 2.75. The highest BCUT2D eigenvalue weighted by molar-refractivity contribution is 5.92. The van der Waals surface area contributed by atoms with Crippen molar-refractivity contribution in [3.05, 3.63) is 11.8 Å². The molecule has 1 fully saturated rings. The molecule has 1 amide bonds. The molecular formula is C12H15F2N3O. The number of aromatic nitrogens is 2. The summed E-state index contributed by atoms with van der Waals surface area (Å²) in [5.41, 5.74) is 0.661. The molecule has 18 heavy (non-hydrogen) atoms. The van der Waals surface area contributed by atoms with E-state index in [0.29, 0.717) is 25.1 Å². The minimum absolute atomic E-state index is 0.0377. The topological polar surface area (TPSA) is 38.1 Å². The van der Waals surface area contributed by atoms with Crippen molar-refractivity contribution >= 4 is 11.7 Å². The van der Waals surface area contributed by atoms with Crippen LogP contribution in [0.25, 0.3) is 0 Å². The van der Waals surface area contributed by atoms with Crippen LogP contribution in [0.15, 0.2) is 6.07 Å². The third kappa shape index (κ3) is 1.89. The summed E-state index contributed by atoms with van der Waals surface area (Å²) in [6.45, 7) is 0.673. The molecule has 1 aromatic rings. The van der Waals surface area contributed by atoms with E-state index < -0.39 is 11.8 Å². The molecule has 3 rings (SSSR count). The smallest absolute Gasteiger partial charge is 0.252 e. The lowest BCUT2D eigenvalue weighted by atomic mass is 10.2. The molecule has 2 heterocycles. The number of carbonyl (C=O) groups excluding carboxylic acids is 1. The number of hydrogen-bond donors (Lipinski definition) is 0. The lowest BCUT2D eigenvalue weighted by molar-refractivity contribution is -0.118. The summed E-state index contributed by atoms with van der Waals surface area (Å²) >= 11 is 0. The van der Waals surface area contributed by atoms with Crippen molar-refractivity contribution in [3.63, 3.8) is 0 Å².